The number of pyridine rings is 4. The number of nitrogens with zero attached hydrogens (tertiary/aromatic N) is 21. The van der Waals surface area contributed by atoms with E-state index in [1.807, 2.05) is 75.3 Å². The standard InChI is InChI=1S/C28H38N6O4.C28H31N5O3.C27H33N7O3.C25H29F2N7O3/c1-4-37-27-31-21(22(35)17-28-14-18(15-28)16-28)13-24(32-27)34-9-7-19(8-10-34)25-23(38-12-11-33(2)3)6-5-20(30-25)26(29)36;1-17(34)22-3-2-4-23(30-22)19-5-7-33(8-6-19)26-10-24(25(35)14-28-11-18(12-28)13-28)31-27(32-26)36-16-21-9-20(21)15-29;1-16(27(2,3)36)11-22(35)21-13-23(31-26(30-21)37-15-19-12-18(19)14-28)34-9-6-17(7-10-34)24-20-5-4-8-29-25(20)33-32-24;1-15(24(2,26)27)30-22(36)19-12-20(33-23(32-19)37-14-25(13-28)8-9-25)34-10-6-16(7-11-34)17-4-3-5-18(31-17)21(29)35/h5-6,13,18-19H,4,7-12,14-17H2,1-3H3,(H2,29,36);2-4,10,18-21H,5-9,11-14,16H2,1H3;4-5,8,13,16-19,36H,6-7,9-12,15H2,1-3H3,(H,29,32,33);3-5,12,15-16H,6-11,14H2,1-2H3,(H2,29,35)(H,30,36)/t;18?,20-,21+,28?;16-,18-,19+;15-/m.000/s1. The molecule has 0 radical (unpaired) electrons. The van der Waals surface area contributed by atoms with E-state index >= 15 is 0 Å². The molecule has 40 heteroatoms. The van der Waals surface area contributed by atoms with Crippen molar-refractivity contribution in [3.8, 4) is 48.0 Å². The van der Waals surface area contributed by atoms with E-state index in [2.05, 4.69) is 113 Å². The lowest BCUT2D eigenvalue weighted by atomic mass is 9.43. The van der Waals surface area contributed by atoms with Gasteiger partial charge in [0, 0.05) is 180 Å². The van der Waals surface area contributed by atoms with Crippen molar-refractivity contribution in [2.24, 2.45) is 69.1 Å². The number of aromatic nitrogens is 14. The number of carbonyl (C=O) groups excluding carboxylic acids is 7. The minimum absolute atomic E-state index is 0.0183. The molecule has 6 atom stereocenters. The van der Waals surface area contributed by atoms with Gasteiger partial charge in [-0.15, -0.1) is 0 Å². The molecule has 4 aliphatic heterocycles. The van der Waals surface area contributed by atoms with Gasteiger partial charge in [-0.2, -0.15) is 60.8 Å². The van der Waals surface area contributed by atoms with Crippen molar-refractivity contribution in [3.05, 3.63) is 154 Å². The van der Waals surface area contributed by atoms with Crippen LogP contribution in [0.4, 0.5) is 32.1 Å². The largest absolute Gasteiger partial charge is 0.490 e. The number of rotatable bonds is 39. The number of H-pyrrole nitrogens is 1. The van der Waals surface area contributed by atoms with Gasteiger partial charge < -0.3 is 70.1 Å². The first kappa shape index (κ1) is 105. The van der Waals surface area contributed by atoms with Crippen LogP contribution in [0.3, 0.4) is 0 Å². The molecule has 0 spiro atoms. The molecule has 9 aliphatic carbocycles. The second kappa shape index (κ2) is 44.9. The lowest BCUT2D eigenvalue weighted by Gasteiger charge is -2.61. The number of anilines is 4. The molecule has 4 bridgehead atoms. The quantitative estimate of drug-likeness (QED) is 0.0223. The van der Waals surface area contributed by atoms with Gasteiger partial charge >= 0.3 is 24.0 Å². The number of fused-ring (bicyclic) bond motifs is 1. The smallest absolute Gasteiger partial charge is 0.319 e. The molecule has 38 nitrogen and oxygen atoms in total. The van der Waals surface area contributed by atoms with Crippen LogP contribution in [0.5, 0.6) is 29.8 Å². The highest BCUT2D eigenvalue weighted by molar-refractivity contribution is 5.98. The number of aliphatic hydroxyl groups is 1. The molecule has 9 aromatic heterocycles. The highest BCUT2D eigenvalue weighted by Crippen LogP contribution is 2.67. The summed E-state index contributed by atoms with van der Waals surface area (Å²) in [5, 5.41) is 48.7. The lowest BCUT2D eigenvalue weighted by molar-refractivity contribution is -0.104. The molecule has 13 heterocycles. The highest BCUT2D eigenvalue weighted by Gasteiger charge is 2.58. The van der Waals surface area contributed by atoms with Crippen LogP contribution >= 0.6 is 0 Å². The Kier molecular flexibility index (Phi) is 32.0. The van der Waals surface area contributed by atoms with Crippen LogP contribution < -0.4 is 60.1 Å². The third-order valence-corrected chi connectivity index (χ3v) is 31.3. The second-order valence-electron chi connectivity index (χ2n) is 43.2. The molecular formula is C108H131F2N25O13. The van der Waals surface area contributed by atoms with E-state index < -0.39 is 40.7 Å². The van der Waals surface area contributed by atoms with E-state index in [9.17, 15) is 52.7 Å². The number of amides is 3. The van der Waals surface area contributed by atoms with Crippen molar-refractivity contribution in [1.82, 2.24) is 80.2 Å². The van der Waals surface area contributed by atoms with Gasteiger partial charge in [0.05, 0.1) is 72.6 Å². The number of aromatic amines is 1. The summed E-state index contributed by atoms with van der Waals surface area (Å²) in [6, 6.07) is 31.0. The van der Waals surface area contributed by atoms with Crippen molar-refractivity contribution in [2.75, 3.05) is 126 Å². The summed E-state index contributed by atoms with van der Waals surface area (Å²) < 4.78 is 56.4. The van der Waals surface area contributed by atoms with E-state index in [0.29, 0.717) is 137 Å². The fraction of sp³-hybridized carbons (Fsp3) is 0.565. The number of Topliss-reactive ketones (excluding diaryl/α,β-unsaturated/α-hetero) is 4. The Morgan fingerprint density at radius 2 is 0.993 bits per heavy atom. The van der Waals surface area contributed by atoms with Crippen LogP contribution in [0.15, 0.2) is 91.1 Å². The van der Waals surface area contributed by atoms with Crippen molar-refractivity contribution in [1.29, 1.82) is 15.8 Å². The minimum atomic E-state index is -3.11. The number of alkyl halides is 2. The molecule has 3 amide bonds. The van der Waals surface area contributed by atoms with Crippen LogP contribution in [0, 0.1) is 91.7 Å². The third kappa shape index (κ3) is 25.8. The van der Waals surface area contributed by atoms with Crippen LogP contribution in [0.2, 0.25) is 0 Å². The molecule has 780 valence electrons. The Morgan fingerprint density at radius 3 is 1.43 bits per heavy atom. The van der Waals surface area contributed by atoms with Crippen molar-refractivity contribution >= 4 is 75.2 Å². The monoisotopic (exact) mass is 2020 g/mol. The van der Waals surface area contributed by atoms with Crippen molar-refractivity contribution in [2.45, 2.75) is 225 Å². The van der Waals surface area contributed by atoms with E-state index in [1.54, 1.807) is 63.4 Å². The summed E-state index contributed by atoms with van der Waals surface area (Å²) in [6.45, 7) is 18.8. The number of hydrogen-bond donors (Lipinski definition) is 5. The number of nitrogens with one attached hydrogen (secondary N) is 2. The van der Waals surface area contributed by atoms with Crippen LogP contribution in [-0.2, 0) is 0 Å². The summed E-state index contributed by atoms with van der Waals surface area (Å²) in [5.74, 6) is 0.872. The molecule has 13 aliphatic rings. The number of likely N-dealkylation sites (N-methyl/N-ethyl adjacent to an activating group) is 1. The normalized spacial score (nSPS) is 22.4. The number of nitrogens with two attached hydrogens (primary N) is 2. The highest BCUT2D eigenvalue weighted by atomic mass is 19.3. The first-order valence-corrected chi connectivity index (χ1v) is 51.8. The molecular weight excluding hydrogens is 1890 g/mol. The topological polar surface area (TPSA) is 521 Å². The molecule has 13 fully saturated rings. The Labute approximate surface area is 858 Å². The molecule has 148 heavy (non-hydrogen) atoms. The Hall–Kier alpha value is -14.1. The molecule has 0 aromatic carbocycles. The Balaban J connectivity index is 0.000000135. The fourth-order valence-corrected chi connectivity index (χ4v) is 20.9. The van der Waals surface area contributed by atoms with E-state index in [1.165, 1.54) is 51.5 Å². The average Bonchev–Trinajstić information content (AvgIpc) is 1.35. The van der Waals surface area contributed by atoms with Crippen LogP contribution in [-0.4, -0.2) is 244 Å². The Bertz CT molecular complexity index is 6480. The fourth-order valence-electron chi connectivity index (χ4n) is 20.9. The number of nitriles is 3. The summed E-state index contributed by atoms with van der Waals surface area (Å²) in [5.41, 5.74) is 16.1. The minimum Gasteiger partial charge on any atom is -0.490 e. The molecule has 7 N–H and O–H groups in total. The zero-order valence-corrected chi connectivity index (χ0v) is 85.5. The summed E-state index contributed by atoms with van der Waals surface area (Å²) in [6.07, 6.45) is 19.7. The molecule has 9 aromatic rings. The molecule has 9 saturated carbocycles. The lowest BCUT2D eigenvalue weighted by Crippen LogP contribution is -2.52. The molecule has 22 rings (SSSR count). The number of ketones is 4. The SMILES string of the molecule is CC(=O)c1cccc(C2CCN(c3cc(C(=O)CC45CC(C4)C5)nc(OC[C@H]4C[C@H]4C#N)n3)CC2)n1.CCOc1nc(C(=O)CC23CC(C2)C3)cc(N2CCC(c3nc(C(N)=O)ccc3OCCN(C)C)CC2)n1.C[C@@H](CC(=O)c1cc(N2CCC(c3[nH]nc4ncccc34)CC2)nc(OC[C@H]2C[C@H]2C#N)n1)C(C)(C)O.C[C@H](NC(=O)c1cc(N2CCC(c3cccc(C(N)=O)n3)CC2)nc(OCC2(C#N)CC2)n1)C(C)(F)F. The predicted octanol–water partition coefficient (Wildman–Crippen LogP) is 13.9. The van der Waals surface area contributed by atoms with E-state index in [-0.39, 0.29) is 141 Å². The number of primary amides is 2. The number of hydrogen-bond acceptors (Lipinski definition) is 34. The van der Waals surface area contributed by atoms with Crippen LogP contribution in [0.1, 0.15) is 303 Å². The maximum Gasteiger partial charge on any atom is 0.319 e. The first-order chi connectivity index (χ1) is 70.9. The zero-order valence-electron chi connectivity index (χ0n) is 85.5. The predicted molar refractivity (Wildman–Crippen MR) is 541 cm³/mol. The Morgan fingerprint density at radius 1 is 0.547 bits per heavy atom. The van der Waals surface area contributed by atoms with Gasteiger partial charge in [0.1, 0.15) is 82.1 Å². The zero-order chi connectivity index (χ0) is 105. The van der Waals surface area contributed by atoms with Gasteiger partial charge in [0.25, 0.3) is 23.6 Å². The van der Waals surface area contributed by atoms with Gasteiger partial charge in [-0.1, -0.05) is 19.1 Å². The maximum atomic E-state index is 13.6. The summed E-state index contributed by atoms with van der Waals surface area (Å²) >= 11 is 0. The van der Waals surface area contributed by atoms with Crippen molar-refractivity contribution in [3.63, 3.8) is 0 Å². The first-order valence-electron chi connectivity index (χ1n) is 51.8. The van der Waals surface area contributed by atoms with Gasteiger partial charge in [0.2, 0.25) is 0 Å². The number of piperidine rings is 4. The maximum absolute atomic E-state index is 13.6. The summed E-state index contributed by atoms with van der Waals surface area (Å²) in [4.78, 5) is 152. The van der Waals surface area contributed by atoms with Gasteiger partial charge in [0.15, 0.2) is 28.8 Å². The number of ether oxygens (including phenoxy) is 5. The number of carbonyl (C=O) groups is 7. The molecule has 0 unspecified atom stereocenters. The van der Waals surface area contributed by atoms with E-state index in [0.717, 1.165) is 142 Å². The molecule has 4 saturated heterocycles. The third-order valence-electron chi connectivity index (χ3n) is 31.3. The average molecular weight is 2030 g/mol. The van der Waals surface area contributed by atoms with Gasteiger partial charge in [-0.05, 0) is 234 Å². The second-order valence-corrected chi connectivity index (χ2v) is 43.2. The van der Waals surface area contributed by atoms with Crippen LogP contribution in [0.25, 0.3) is 11.0 Å². The van der Waals surface area contributed by atoms with Gasteiger partial charge in [-0.3, -0.25) is 38.7 Å². The summed E-state index contributed by atoms with van der Waals surface area (Å²) in [7, 11) is 3.99. The number of halogens is 2. The van der Waals surface area contributed by atoms with Gasteiger partial charge in [-0.25, -0.2) is 28.7 Å². The van der Waals surface area contributed by atoms with Crippen molar-refractivity contribution < 1.29 is 71.1 Å². The van der Waals surface area contributed by atoms with E-state index in [4.69, 9.17) is 45.7 Å².